The van der Waals surface area contributed by atoms with Crippen molar-refractivity contribution < 1.29 is 9.59 Å². The van der Waals surface area contributed by atoms with Crippen molar-refractivity contribution in [3.8, 4) is 0 Å². The van der Waals surface area contributed by atoms with Gasteiger partial charge in [0.05, 0.1) is 11.9 Å². The molecular weight excluding hydrogens is 294 g/mol. The fourth-order valence-electron chi connectivity index (χ4n) is 3.11. The van der Waals surface area contributed by atoms with Gasteiger partial charge in [0.2, 0.25) is 5.91 Å². The molecule has 2 heterocycles. The molecule has 2 N–H and O–H groups in total. The van der Waals surface area contributed by atoms with Crippen LogP contribution in [0.25, 0.3) is 0 Å². The van der Waals surface area contributed by atoms with Gasteiger partial charge in [-0.15, -0.1) is 0 Å². The predicted molar refractivity (Wildman–Crippen MR) is 87.0 cm³/mol. The van der Waals surface area contributed by atoms with E-state index in [4.69, 9.17) is 0 Å². The van der Waals surface area contributed by atoms with E-state index in [0.29, 0.717) is 25.4 Å². The minimum atomic E-state index is -0.457. The quantitative estimate of drug-likeness (QED) is 0.819. The van der Waals surface area contributed by atoms with Gasteiger partial charge < -0.3 is 15.5 Å². The molecule has 0 spiro atoms. The summed E-state index contributed by atoms with van der Waals surface area (Å²) in [5.41, 5.74) is 0.774. The van der Waals surface area contributed by atoms with E-state index in [-0.39, 0.29) is 11.9 Å². The van der Waals surface area contributed by atoms with Gasteiger partial charge >= 0.3 is 6.03 Å². The number of aromatic nitrogens is 2. The smallest absolute Gasteiger partial charge is 0.315 e. The van der Waals surface area contributed by atoms with Gasteiger partial charge in [-0.1, -0.05) is 12.2 Å². The molecule has 2 unspecified atom stereocenters. The van der Waals surface area contributed by atoms with Gasteiger partial charge in [-0.2, -0.15) is 5.10 Å². The Morgan fingerprint density at radius 2 is 2.26 bits per heavy atom. The van der Waals surface area contributed by atoms with E-state index in [1.165, 1.54) is 0 Å². The van der Waals surface area contributed by atoms with Crippen LogP contribution >= 0.6 is 0 Å². The molecule has 124 valence electrons. The monoisotopic (exact) mass is 317 g/mol. The summed E-state index contributed by atoms with van der Waals surface area (Å²) in [6, 6.07) is -0.715. The summed E-state index contributed by atoms with van der Waals surface area (Å²) in [5, 5.41) is 9.76. The molecule has 0 saturated carbocycles. The summed E-state index contributed by atoms with van der Waals surface area (Å²) in [5.74, 6) is 0.422. The lowest BCUT2D eigenvalue weighted by Crippen LogP contribution is -2.47. The number of anilines is 1. The molecule has 1 saturated heterocycles. The number of carbonyl (C=O) groups is 2. The Labute approximate surface area is 135 Å². The number of hydrogen-bond acceptors (Lipinski definition) is 3. The summed E-state index contributed by atoms with van der Waals surface area (Å²) in [7, 11) is 1.81. The standard InChI is InChI=1S/C16H23N5O2/c1-20-11-13(10-18-20)21-8-7-14(15(21)22)19-16(23)17-9-12-5-3-2-4-6-12/h2-3,10-12,14H,4-9H2,1H3,(H2,17,19,23). The highest BCUT2D eigenvalue weighted by Crippen LogP contribution is 2.20. The summed E-state index contributed by atoms with van der Waals surface area (Å²) >= 11 is 0. The fraction of sp³-hybridized carbons (Fsp3) is 0.562. The topological polar surface area (TPSA) is 79.3 Å². The number of nitrogens with one attached hydrogen (secondary N) is 2. The first kappa shape index (κ1) is 15.6. The minimum Gasteiger partial charge on any atom is -0.338 e. The van der Waals surface area contributed by atoms with Gasteiger partial charge in [0, 0.05) is 26.3 Å². The Hall–Kier alpha value is -2.31. The normalized spacial score (nSPS) is 24.0. The molecule has 2 aliphatic rings. The Balaban J connectivity index is 1.47. The van der Waals surface area contributed by atoms with Crippen LogP contribution in [0.2, 0.25) is 0 Å². The zero-order valence-electron chi connectivity index (χ0n) is 13.4. The Morgan fingerprint density at radius 3 is 2.96 bits per heavy atom. The molecule has 1 fully saturated rings. The molecule has 1 aromatic rings. The summed E-state index contributed by atoms with van der Waals surface area (Å²) in [4.78, 5) is 26.1. The SMILES string of the molecule is Cn1cc(N2CCC(NC(=O)NCC3CC=CCC3)C2=O)cn1. The number of amides is 3. The second kappa shape index (κ2) is 6.85. The van der Waals surface area contributed by atoms with Crippen molar-refractivity contribution >= 4 is 17.6 Å². The Kier molecular flexibility index (Phi) is 4.64. The number of urea groups is 1. The zero-order valence-corrected chi connectivity index (χ0v) is 13.4. The summed E-state index contributed by atoms with van der Waals surface area (Å²) in [6.45, 7) is 1.26. The number of aryl methyl sites for hydroxylation is 1. The number of allylic oxidation sites excluding steroid dienone is 2. The van der Waals surface area contributed by atoms with E-state index in [0.717, 1.165) is 24.9 Å². The van der Waals surface area contributed by atoms with Gasteiger partial charge in [0.25, 0.3) is 0 Å². The second-order valence-electron chi connectivity index (χ2n) is 6.21. The molecule has 7 heteroatoms. The van der Waals surface area contributed by atoms with Gasteiger partial charge in [-0.3, -0.25) is 9.48 Å². The molecule has 0 radical (unpaired) electrons. The van der Waals surface area contributed by atoms with Crippen LogP contribution in [0.4, 0.5) is 10.5 Å². The lowest BCUT2D eigenvalue weighted by atomic mass is 9.94. The van der Waals surface area contributed by atoms with Crippen LogP contribution in [0.15, 0.2) is 24.5 Å². The van der Waals surface area contributed by atoms with Crippen LogP contribution < -0.4 is 15.5 Å². The van der Waals surface area contributed by atoms with Crippen LogP contribution in [0.3, 0.4) is 0 Å². The van der Waals surface area contributed by atoms with Crippen molar-refractivity contribution in [2.75, 3.05) is 18.0 Å². The van der Waals surface area contributed by atoms with Crippen molar-refractivity contribution in [3.63, 3.8) is 0 Å². The largest absolute Gasteiger partial charge is 0.338 e. The van der Waals surface area contributed by atoms with Gasteiger partial charge in [-0.25, -0.2) is 4.79 Å². The molecule has 0 bridgehead atoms. The van der Waals surface area contributed by atoms with Crippen molar-refractivity contribution in [2.24, 2.45) is 13.0 Å². The maximum Gasteiger partial charge on any atom is 0.315 e. The van der Waals surface area contributed by atoms with Crippen LogP contribution in [0, 0.1) is 5.92 Å². The lowest BCUT2D eigenvalue weighted by Gasteiger charge is -2.19. The number of rotatable bonds is 4. The highest BCUT2D eigenvalue weighted by molar-refractivity contribution is 6.01. The molecule has 1 aromatic heterocycles. The molecule has 1 aliphatic carbocycles. The third-order valence-corrected chi connectivity index (χ3v) is 4.44. The van der Waals surface area contributed by atoms with Crippen LogP contribution in [-0.2, 0) is 11.8 Å². The van der Waals surface area contributed by atoms with Gasteiger partial charge in [-0.05, 0) is 31.6 Å². The molecule has 2 atom stereocenters. The second-order valence-corrected chi connectivity index (χ2v) is 6.21. The van der Waals surface area contributed by atoms with Crippen molar-refractivity contribution in [2.45, 2.75) is 31.7 Å². The first-order valence-electron chi connectivity index (χ1n) is 8.13. The van der Waals surface area contributed by atoms with Gasteiger partial charge in [0.1, 0.15) is 6.04 Å². The van der Waals surface area contributed by atoms with E-state index < -0.39 is 6.04 Å². The summed E-state index contributed by atoms with van der Waals surface area (Å²) in [6.07, 6.45) is 11.6. The van der Waals surface area contributed by atoms with Crippen LogP contribution in [0.5, 0.6) is 0 Å². The molecular formula is C16H23N5O2. The molecule has 1 aliphatic heterocycles. The van der Waals surface area contributed by atoms with Crippen molar-refractivity contribution in [1.29, 1.82) is 0 Å². The highest BCUT2D eigenvalue weighted by atomic mass is 16.2. The predicted octanol–water partition coefficient (Wildman–Crippen LogP) is 1.18. The maximum absolute atomic E-state index is 12.4. The third-order valence-electron chi connectivity index (χ3n) is 4.44. The van der Waals surface area contributed by atoms with Gasteiger partial charge in [0.15, 0.2) is 0 Å². The minimum absolute atomic E-state index is 0.0752. The fourth-order valence-corrected chi connectivity index (χ4v) is 3.11. The third kappa shape index (κ3) is 3.72. The van der Waals surface area contributed by atoms with Crippen LogP contribution in [0.1, 0.15) is 25.7 Å². The lowest BCUT2D eigenvalue weighted by molar-refractivity contribution is -0.118. The van der Waals surface area contributed by atoms with E-state index >= 15 is 0 Å². The van der Waals surface area contributed by atoms with E-state index in [2.05, 4.69) is 27.9 Å². The maximum atomic E-state index is 12.4. The molecule has 0 aromatic carbocycles. The molecule has 7 nitrogen and oxygen atoms in total. The Morgan fingerprint density at radius 1 is 1.39 bits per heavy atom. The number of carbonyl (C=O) groups excluding carboxylic acids is 2. The molecule has 3 amide bonds. The number of hydrogen-bond donors (Lipinski definition) is 2. The van der Waals surface area contributed by atoms with Crippen molar-refractivity contribution in [3.05, 3.63) is 24.5 Å². The number of nitrogens with zero attached hydrogens (tertiary/aromatic N) is 3. The zero-order chi connectivity index (χ0) is 16.2. The average Bonchev–Trinajstić information content (AvgIpc) is 3.13. The Bertz CT molecular complexity index is 609. The average molecular weight is 317 g/mol. The summed E-state index contributed by atoms with van der Waals surface area (Å²) < 4.78 is 1.66. The van der Waals surface area contributed by atoms with E-state index in [9.17, 15) is 9.59 Å². The molecule has 23 heavy (non-hydrogen) atoms. The van der Waals surface area contributed by atoms with E-state index in [1.54, 1.807) is 22.0 Å². The highest BCUT2D eigenvalue weighted by Gasteiger charge is 2.34. The first-order chi connectivity index (χ1) is 11.1. The van der Waals surface area contributed by atoms with E-state index in [1.807, 2.05) is 7.05 Å². The van der Waals surface area contributed by atoms with Crippen LogP contribution in [-0.4, -0.2) is 40.9 Å². The van der Waals surface area contributed by atoms with Crippen molar-refractivity contribution in [1.82, 2.24) is 20.4 Å². The molecule has 3 rings (SSSR count). The first-order valence-corrected chi connectivity index (χ1v) is 8.13.